The summed E-state index contributed by atoms with van der Waals surface area (Å²) in [5, 5.41) is 3.22. The molecule has 1 amide bonds. The largest absolute Gasteiger partial charge is 0.334 e. The van der Waals surface area contributed by atoms with Crippen LogP contribution in [0, 0.1) is 15.2 Å². The SMILES string of the molecule is CCCN(C(=O)c1cc(F)c(F)cc1I)C1CCNC1.Cl. The fraction of sp³-hybridized carbons (Fsp3) is 0.500. The molecule has 2 rings (SSSR count). The zero-order chi connectivity index (χ0) is 14.7. The number of nitrogens with zero attached hydrogens (tertiary/aromatic N) is 1. The molecule has 1 saturated heterocycles. The predicted octanol–water partition coefficient (Wildman–Crippen LogP) is 3.21. The van der Waals surface area contributed by atoms with Gasteiger partial charge in [-0.1, -0.05) is 6.92 Å². The number of amides is 1. The molecule has 1 unspecified atom stereocenters. The minimum atomic E-state index is -0.977. The number of carbonyl (C=O) groups is 1. The summed E-state index contributed by atoms with van der Waals surface area (Å²) in [6, 6.07) is 2.20. The molecule has 7 heteroatoms. The van der Waals surface area contributed by atoms with Crippen molar-refractivity contribution in [3.05, 3.63) is 32.9 Å². The van der Waals surface area contributed by atoms with Crippen LogP contribution in [0.4, 0.5) is 8.78 Å². The number of hydrogen-bond acceptors (Lipinski definition) is 2. The molecular weight excluding hydrogens is 413 g/mol. The lowest BCUT2D eigenvalue weighted by molar-refractivity contribution is 0.0690. The molecule has 21 heavy (non-hydrogen) atoms. The topological polar surface area (TPSA) is 32.3 Å². The van der Waals surface area contributed by atoms with Crippen molar-refractivity contribution >= 4 is 40.9 Å². The van der Waals surface area contributed by atoms with Crippen molar-refractivity contribution in [2.45, 2.75) is 25.8 Å². The number of hydrogen-bond donors (Lipinski definition) is 1. The van der Waals surface area contributed by atoms with Crippen molar-refractivity contribution in [3.8, 4) is 0 Å². The molecule has 1 aliphatic heterocycles. The van der Waals surface area contributed by atoms with Gasteiger partial charge < -0.3 is 10.2 Å². The first-order valence-electron chi connectivity index (χ1n) is 6.70. The second-order valence-corrected chi connectivity index (χ2v) is 6.05. The van der Waals surface area contributed by atoms with E-state index in [2.05, 4.69) is 5.32 Å². The van der Waals surface area contributed by atoms with Crippen LogP contribution in [0.3, 0.4) is 0 Å². The molecule has 1 fully saturated rings. The summed E-state index contributed by atoms with van der Waals surface area (Å²) < 4.78 is 27.0. The third-order valence-corrected chi connectivity index (χ3v) is 4.33. The van der Waals surface area contributed by atoms with E-state index in [9.17, 15) is 13.6 Å². The Hall–Kier alpha value is -0.470. The fourth-order valence-electron chi connectivity index (χ4n) is 2.44. The average molecular weight is 431 g/mol. The van der Waals surface area contributed by atoms with Gasteiger partial charge in [-0.15, -0.1) is 12.4 Å². The molecular formula is C14H18ClF2IN2O. The highest BCUT2D eigenvalue weighted by atomic mass is 127. The second-order valence-electron chi connectivity index (χ2n) is 4.89. The van der Waals surface area contributed by atoms with Gasteiger partial charge >= 0.3 is 0 Å². The molecule has 0 bridgehead atoms. The standard InChI is InChI=1S/C14H17F2IN2O.ClH/c1-2-5-19(9-3-4-18-8-9)14(20)10-6-11(15)12(16)7-13(10)17;/h6-7,9,18H,2-5,8H2,1H3;1H. The van der Waals surface area contributed by atoms with E-state index in [0.29, 0.717) is 10.1 Å². The lowest BCUT2D eigenvalue weighted by Gasteiger charge is -2.28. The highest BCUT2D eigenvalue weighted by Crippen LogP contribution is 2.21. The molecule has 1 aromatic carbocycles. The van der Waals surface area contributed by atoms with Crippen LogP contribution in [-0.4, -0.2) is 36.5 Å². The van der Waals surface area contributed by atoms with Crippen molar-refractivity contribution in [1.82, 2.24) is 10.2 Å². The Kier molecular flexibility index (Phi) is 7.29. The van der Waals surface area contributed by atoms with E-state index in [0.717, 1.165) is 38.1 Å². The van der Waals surface area contributed by atoms with Gasteiger partial charge in [-0.2, -0.15) is 0 Å². The Balaban J connectivity index is 0.00000220. The zero-order valence-electron chi connectivity index (χ0n) is 11.7. The van der Waals surface area contributed by atoms with E-state index in [-0.39, 0.29) is 29.9 Å². The molecule has 1 heterocycles. The van der Waals surface area contributed by atoms with E-state index in [1.807, 2.05) is 29.5 Å². The Morgan fingerprint density at radius 1 is 1.43 bits per heavy atom. The normalized spacial score (nSPS) is 17.4. The van der Waals surface area contributed by atoms with E-state index in [1.54, 1.807) is 4.90 Å². The second kappa shape index (κ2) is 8.24. The van der Waals surface area contributed by atoms with Crippen molar-refractivity contribution in [1.29, 1.82) is 0 Å². The Morgan fingerprint density at radius 2 is 2.10 bits per heavy atom. The smallest absolute Gasteiger partial charge is 0.255 e. The highest BCUT2D eigenvalue weighted by Gasteiger charge is 2.28. The summed E-state index contributed by atoms with van der Waals surface area (Å²) in [6.07, 6.45) is 1.73. The summed E-state index contributed by atoms with van der Waals surface area (Å²) in [4.78, 5) is 14.4. The van der Waals surface area contributed by atoms with Crippen molar-refractivity contribution in [2.75, 3.05) is 19.6 Å². The third-order valence-electron chi connectivity index (χ3n) is 3.44. The van der Waals surface area contributed by atoms with Gasteiger partial charge in [-0.25, -0.2) is 8.78 Å². The Bertz CT molecular complexity index is 510. The quantitative estimate of drug-likeness (QED) is 0.588. The van der Waals surface area contributed by atoms with E-state index >= 15 is 0 Å². The maximum atomic E-state index is 13.4. The maximum Gasteiger partial charge on any atom is 0.255 e. The first-order valence-corrected chi connectivity index (χ1v) is 7.78. The van der Waals surface area contributed by atoms with E-state index in [1.165, 1.54) is 0 Å². The Morgan fingerprint density at radius 3 is 2.67 bits per heavy atom. The van der Waals surface area contributed by atoms with Crippen LogP contribution in [0.25, 0.3) is 0 Å². The molecule has 0 radical (unpaired) electrons. The van der Waals surface area contributed by atoms with Gasteiger partial charge in [0, 0.05) is 22.7 Å². The van der Waals surface area contributed by atoms with Gasteiger partial charge in [0.15, 0.2) is 11.6 Å². The lowest BCUT2D eigenvalue weighted by atomic mass is 10.1. The van der Waals surface area contributed by atoms with Gasteiger partial charge in [-0.3, -0.25) is 4.79 Å². The monoisotopic (exact) mass is 430 g/mol. The predicted molar refractivity (Wildman–Crippen MR) is 88.9 cm³/mol. The summed E-state index contributed by atoms with van der Waals surface area (Å²) in [6.45, 7) is 4.26. The molecule has 1 atom stereocenters. The van der Waals surface area contributed by atoms with Gasteiger partial charge in [0.1, 0.15) is 0 Å². The molecule has 3 nitrogen and oxygen atoms in total. The summed E-state index contributed by atoms with van der Waals surface area (Å²) in [7, 11) is 0. The van der Waals surface area contributed by atoms with Crippen LogP contribution in [0.2, 0.25) is 0 Å². The molecule has 1 aromatic rings. The fourth-order valence-corrected chi connectivity index (χ4v) is 3.10. The molecule has 0 saturated carbocycles. The van der Waals surface area contributed by atoms with Gasteiger partial charge in [0.05, 0.1) is 5.56 Å². The number of nitrogens with one attached hydrogen (secondary N) is 1. The average Bonchev–Trinajstić information content (AvgIpc) is 2.93. The number of carbonyl (C=O) groups excluding carboxylic acids is 1. The molecule has 118 valence electrons. The first kappa shape index (κ1) is 18.6. The number of rotatable bonds is 4. The van der Waals surface area contributed by atoms with Gasteiger partial charge in [0.25, 0.3) is 5.91 Å². The van der Waals surface area contributed by atoms with Crippen LogP contribution < -0.4 is 5.32 Å². The molecule has 1 aliphatic rings. The first-order chi connectivity index (χ1) is 9.54. The van der Waals surface area contributed by atoms with Crippen LogP contribution >= 0.6 is 35.0 Å². The van der Waals surface area contributed by atoms with Crippen LogP contribution in [-0.2, 0) is 0 Å². The number of halogens is 4. The Labute approximate surface area is 143 Å². The maximum absolute atomic E-state index is 13.4. The molecule has 0 aromatic heterocycles. The molecule has 0 aliphatic carbocycles. The van der Waals surface area contributed by atoms with Crippen LogP contribution in [0.15, 0.2) is 12.1 Å². The van der Waals surface area contributed by atoms with Gasteiger partial charge in [0.2, 0.25) is 0 Å². The highest BCUT2D eigenvalue weighted by molar-refractivity contribution is 14.1. The van der Waals surface area contributed by atoms with E-state index < -0.39 is 11.6 Å². The summed E-state index contributed by atoms with van der Waals surface area (Å²) in [5.74, 6) is -2.12. The number of benzene rings is 1. The summed E-state index contributed by atoms with van der Waals surface area (Å²) in [5.41, 5.74) is 0.241. The van der Waals surface area contributed by atoms with Crippen molar-refractivity contribution in [2.24, 2.45) is 0 Å². The van der Waals surface area contributed by atoms with Crippen molar-refractivity contribution < 1.29 is 13.6 Å². The lowest BCUT2D eigenvalue weighted by Crippen LogP contribution is -2.42. The molecule has 1 N–H and O–H groups in total. The third kappa shape index (κ3) is 4.26. The molecule has 0 spiro atoms. The summed E-state index contributed by atoms with van der Waals surface area (Å²) >= 11 is 1.87. The van der Waals surface area contributed by atoms with Gasteiger partial charge in [-0.05, 0) is 54.1 Å². The zero-order valence-corrected chi connectivity index (χ0v) is 14.6. The van der Waals surface area contributed by atoms with Crippen LogP contribution in [0.1, 0.15) is 30.1 Å². The minimum absolute atomic E-state index is 0. The van der Waals surface area contributed by atoms with E-state index in [4.69, 9.17) is 0 Å². The van der Waals surface area contributed by atoms with Crippen LogP contribution in [0.5, 0.6) is 0 Å². The minimum Gasteiger partial charge on any atom is -0.334 e. The van der Waals surface area contributed by atoms with Crippen molar-refractivity contribution in [3.63, 3.8) is 0 Å².